The molecule has 0 aromatic heterocycles. The first-order chi connectivity index (χ1) is 13.4. The molecule has 0 spiro atoms. The van der Waals surface area contributed by atoms with Gasteiger partial charge in [-0.1, -0.05) is 23.2 Å². The highest BCUT2D eigenvalue weighted by atomic mass is 35.5. The molecule has 0 bridgehead atoms. The number of carbonyl (C=O) groups excluding carboxylic acids is 2. The van der Waals surface area contributed by atoms with Crippen LogP contribution in [0.2, 0.25) is 10.0 Å². The Kier molecular flexibility index (Phi) is 6.42. The molecule has 2 amide bonds. The van der Waals surface area contributed by atoms with Gasteiger partial charge in [0.2, 0.25) is 0 Å². The molecule has 8 heteroatoms. The van der Waals surface area contributed by atoms with Gasteiger partial charge in [-0.2, -0.15) is 0 Å². The van der Waals surface area contributed by atoms with Gasteiger partial charge >= 0.3 is 0 Å². The fraction of sp³-hybridized carbons (Fsp3) is 0.300. The van der Waals surface area contributed by atoms with Gasteiger partial charge in [0.1, 0.15) is 11.4 Å². The van der Waals surface area contributed by atoms with Gasteiger partial charge in [-0.25, -0.2) is 4.39 Å². The normalized spacial score (nSPS) is 14.6. The van der Waals surface area contributed by atoms with Gasteiger partial charge in [0.05, 0.1) is 17.2 Å². The quantitative estimate of drug-likeness (QED) is 0.800. The highest BCUT2D eigenvalue weighted by Gasteiger charge is 2.28. The van der Waals surface area contributed by atoms with Crippen molar-refractivity contribution in [2.75, 3.05) is 20.2 Å². The number of nitrogens with one attached hydrogen (secondary N) is 1. The van der Waals surface area contributed by atoms with Gasteiger partial charge in [0.25, 0.3) is 11.8 Å². The number of nitrogens with zero attached hydrogens (tertiary/aromatic N) is 1. The van der Waals surface area contributed by atoms with E-state index in [1.54, 1.807) is 17.0 Å². The number of halogens is 3. The lowest BCUT2D eigenvalue weighted by Gasteiger charge is -2.33. The number of benzene rings is 2. The van der Waals surface area contributed by atoms with E-state index in [0.29, 0.717) is 36.5 Å². The van der Waals surface area contributed by atoms with E-state index in [1.807, 2.05) is 0 Å². The number of methoxy groups -OCH3 is 1. The summed E-state index contributed by atoms with van der Waals surface area (Å²) in [5, 5.41) is 3.52. The monoisotopic (exact) mass is 424 g/mol. The van der Waals surface area contributed by atoms with E-state index in [-0.39, 0.29) is 34.2 Å². The Morgan fingerprint density at radius 2 is 1.68 bits per heavy atom. The molecule has 1 saturated heterocycles. The average Bonchev–Trinajstić information content (AvgIpc) is 2.70. The Balaban J connectivity index is 1.63. The molecule has 3 rings (SSSR count). The van der Waals surface area contributed by atoms with Crippen LogP contribution in [0.3, 0.4) is 0 Å². The number of likely N-dealkylation sites (tertiary alicyclic amines) is 1. The first-order valence-electron chi connectivity index (χ1n) is 8.78. The maximum Gasteiger partial charge on any atom is 0.259 e. The molecule has 28 heavy (non-hydrogen) atoms. The fourth-order valence-electron chi connectivity index (χ4n) is 3.19. The third-order valence-corrected chi connectivity index (χ3v) is 5.31. The van der Waals surface area contributed by atoms with Gasteiger partial charge in [0.15, 0.2) is 5.75 Å². The zero-order valence-electron chi connectivity index (χ0n) is 15.2. The molecule has 1 N–H and O–H groups in total. The summed E-state index contributed by atoms with van der Waals surface area (Å²) in [5.74, 6) is -0.652. The van der Waals surface area contributed by atoms with Crippen molar-refractivity contribution in [1.29, 1.82) is 0 Å². The van der Waals surface area contributed by atoms with Crippen molar-refractivity contribution in [2.24, 2.45) is 0 Å². The average molecular weight is 425 g/mol. The van der Waals surface area contributed by atoms with Crippen molar-refractivity contribution in [1.82, 2.24) is 10.2 Å². The number of hydrogen-bond acceptors (Lipinski definition) is 3. The summed E-state index contributed by atoms with van der Waals surface area (Å²) < 4.78 is 18.2. The SMILES string of the molecule is COc1c(Cl)ccc(Cl)c1C(=O)N1CCC(NC(=O)c2ccc(F)cc2)CC1. The molecule has 0 unspecified atom stereocenters. The Morgan fingerprint density at radius 1 is 1.07 bits per heavy atom. The first-order valence-corrected chi connectivity index (χ1v) is 9.54. The molecule has 0 atom stereocenters. The lowest BCUT2D eigenvalue weighted by molar-refractivity contribution is 0.0695. The zero-order valence-corrected chi connectivity index (χ0v) is 16.7. The number of amides is 2. The van der Waals surface area contributed by atoms with Crippen molar-refractivity contribution in [3.05, 3.63) is 63.4 Å². The summed E-state index contributed by atoms with van der Waals surface area (Å²) >= 11 is 12.3. The first kappa shape index (κ1) is 20.4. The van der Waals surface area contributed by atoms with Crippen LogP contribution in [0.25, 0.3) is 0 Å². The van der Waals surface area contributed by atoms with E-state index in [9.17, 15) is 14.0 Å². The highest BCUT2D eigenvalue weighted by molar-refractivity contribution is 6.37. The number of carbonyl (C=O) groups is 2. The highest BCUT2D eigenvalue weighted by Crippen LogP contribution is 2.35. The minimum absolute atomic E-state index is 0.0710. The topological polar surface area (TPSA) is 58.6 Å². The molecule has 2 aromatic carbocycles. The summed E-state index contributed by atoms with van der Waals surface area (Å²) in [4.78, 5) is 26.8. The maximum absolute atomic E-state index is 13.0. The summed E-state index contributed by atoms with van der Waals surface area (Å²) in [6.45, 7) is 0.915. The van der Waals surface area contributed by atoms with Gasteiger partial charge in [-0.05, 0) is 49.2 Å². The third kappa shape index (κ3) is 4.39. The van der Waals surface area contributed by atoms with Crippen LogP contribution in [0.5, 0.6) is 5.75 Å². The molecule has 1 aliphatic heterocycles. The minimum Gasteiger partial charge on any atom is -0.494 e. The number of rotatable bonds is 4. The van der Waals surface area contributed by atoms with Gasteiger partial charge < -0.3 is 15.0 Å². The molecular formula is C20H19Cl2FN2O3. The van der Waals surface area contributed by atoms with Crippen LogP contribution in [0.4, 0.5) is 4.39 Å². The van der Waals surface area contributed by atoms with Crippen molar-refractivity contribution in [2.45, 2.75) is 18.9 Å². The molecule has 2 aromatic rings. The van der Waals surface area contributed by atoms with E-state index >= 15 is 0 Å². The molecular weight excluding hydrogens is 406 g/mol. The molecule has 148 valence electrons. The molecule has 0 aliphatic carbocycles. The second kappa shape index (κ2) is 8.80. The third-order valence-electron chi connectivity index (χ3n) is 4.70. The van der Waals surface area contributed by atoms with Gasteiger partial charge in [-0.15, -0.1) is 0 Å². The summed E-state index contributed by atoms with van der Waals surface area (Å²) in [6.07, 6.45) is 1.19. The minimum atomic E-state index is -0.390. The zero-order chi connectivity index (χ0) is 20.3. The molecule has 1 fully saturated rings. The number of piperidine rings is 1. The summed E-state index contributed by atoms with van der Waals surface area (Å²) in [6, 6.07) is 8.45. The van der Waals surface area contributed by atoms with Crippen LogP contribution >= 0.6 is 23.2 Å². The lowest BCUT2D eigenvalue weighted by Crippen LogP contribution is -2.46. The Bertz CT molecular complexity index is 882. The summed E-state index contributed by atoms with van der Waals surface area (Å²) in [5.41, 5.74) is 0.640. The van der Waals surface area contributed by atoms with Crippen molar-refractivity contribution < 1.29 is 18.7 Å². The van der Waals surface area contributed by atoms with Crippen LogP contribution < -0.4 is 10.1 Å². The number of hydrogen-bond donors (Lipinski definition) is 1. The van der Waals surface area contributed by atoms with Crippen molar-refractivity contribution in [3.8, 4) is 5.75 Å². The fourth-order valence-corrected chi connectivity index (χ4v) is 3.65. The molecule has 0 saturated carbocycles. The van der Waals surface area contributed by atoms with E-state index in [1.165, 1.54) is 31.4 Å². The van der Waals surface area contributed by atoms with E-state index in [2.05, 4.69) is 5.32 Å². The maximum atomic E-state index is 13.0. The Hall–Kier alpha value is -2.31. The van der Waals surface area contributed by atoms with Crippen LogP contribution in [0.15, 0.2) is 36.4 Å². The van der Waals surface area contributed by atoms with Crippen LogP contribution in [-0.4, -0.2) is 43.0 Å². The van der Waals surface area contributed by atoms with Crippen molar-refractivity contribution in [3.63, 3.8) is 0 Å². The molecule has 5 nitrogen and oxygen atoms in total. The van der Waals surface area contributed by atoms with Crippen LogP contribution in [0.1, 0.15) is 33.6 Å². The summed E-state index contributed by atoms with van der Waals surface area (Å²) in [7, 11) is 1.44. The largest absolute Gasteiger partial charge is 0.494 e. The van der Waals surface area contributed by atoms with Gasteiger partial charge in [0, 0.05) is 24.7 Å². The smallest absolute Gasteiger partial charge is 0.259 e. The second-order valence-electron chi connectivity index (χ2n) is 6.48. The van der Waals surface area contributed by atoms with E-state index < -0.39 is 5.82 Å². The predicted octanol–water partition coefficient (Wildman–Crippen LogP) is 4.18. The van der Waals surface area contributed by atoms with Crippen LogP contribution in [-0.2, 0) is 0 Å². The standard InChI is InChI=1S/C20H19Cl2FN2O3/c1-28-18-16(22)7-6-15(21)17(18)20(27)25-10-8-14(9-11-25)24-19(26)12-2-4-13(23)5-3-12/h2-7,14H,8-11H2,1H3,(H,24,26). The molecule has 1 heterocycles. The van der Waals surface area contributed by atoms with E-state index in [4.69, 9.17) is 27.9 Å². The molecule has 1 aliphatic rings. The molecule has 0 radical (unpaired) electrons. The second-order valence-corrected chi connectivity index (χ2v) is 7.30. The van der Waals surface area contributed by atoms with Crippen LogP contribution in [0, 0.1) is 5.82 Å². The number of ether oxygens (including phenoxy) is 1. The lowest BCUT2D eigenvalue weighted by atomic mass is 10.0. The Labute approximate surface area is 172 Å². The Morgan fingerprint density at radius 3 is 2.29 bits per heavy atom. The van der Waals surface area contributed by atoms with Crippen molar-refractivity contribution >= 4 is 35.0 Å². The predicted molar refractivity (Wildman–Crippen MR) is 106 cm³/mol. The van der Waals surface area contributed by atoms with E-state index in [0.717, 1.165) is 0 Å². The van der Waals surface area contributed by atoms with Gasteiger partial charge in [-0.3, -0.25) is 9.59 Å².